The molecule has 9 nitrogen and oxygen atoms in total. The maximum Gasteiger partial charge on any atom is 0.261 e. The largest absolute Gasteiger partial charge is 0.496 e. The Balaban J connectivity index is 1.25. The van der Waals surface area contributed by atoms with Crippen LogP contribution >= 0.6 is 11.6 Å². The first-order valence-electron chi connectivity index (χ1n) is 12.0. The first kappa shape index (κ1) is 26.1. The molecule has 2 heterocycles. The summed E-state index contributed by atoms with van der Waals surface area (Å²) in [5, 5.41) is 0.620. The van der Waals surface area contributed by atoms with E-state index in [4.69, 9.17) is 30.5 Å². The summed E-state index contributed by atoms with van der Waals surface area (Å²) < 4.78 is 22.3. The molecule has 2 fully saturated rings. The molecule has 36 heavy (non-hydrogen) atoms. The molecule has 0 aliphatic carbocycles. The van der Waals surface area contributed by atoms with E-state index in [2.05, 4.69) is 4.90 Å². The molecule has 0 unspecified atom stereocenters. The number of carbonyl (C=O) groups is 2. The summed E-state index contributed by atoms with van der Waals surface area (Å²) in [6.07, 6.45) is -0.0882. The van der Waals surface area contributed by atoms with E-state index in [1.165, 1.54) is 0 Å². The minimum atomic E-state index is -0.102. The van der Waals surface area contributed by atoms with E-state index < -0.39 is 0 Å². The molecule has 2 aliphatic rings. The predicted octanol–water partition coefficient (Wildman–Crippen LogP) is 2.42. The molecule has 1 atom stereocenters. The lowest BCUT2D eigenvalue weighted by Crippen LogP contribution is -2.54. The summed E-state index contributed by atoms with van der Waals surface area (Å²) in [6, 6.07) is 12.3. The molecule has 2 amide bonds. The van der Waals surface area contributed by atoms with Crippen molar-refractivity contribution < 1.29 is 28.5 Å². The number of halogens is 1. The zero-order valence-corrected chi connectivity index (χ0v) is 21.4. The van der Waals surface area contributed by atoms with Crippen LogP contribution in [0.25, 0.3) is 0 Å². The van der Waals surface area contributed by atoms with Crippen molar-refractivity contribution in [2.45, 2.75) is 6.10 Å². The molecule has 0 spiro atoms. The van der Waals surface area contributed by atoms with Crippen molar-refractivity contribution in [2.24, 2.45) is 0 Å². The topological polar surface area (TPSA) is 80.8 Å². The quantitative estimate of drug-likeness (QED) is 0.532. The van der Waals surface area contributed by atoms with Gasteiger partial charge in [0, 0.05) is 50.8 Å². The van der Waals surface area contributed by atoms with Crippen molar-refractivity contribution in [3.63, 3.8) is 0 Å². The molecule has 0 bridgehead atoms. The number of carbonyl (C=O) groups excluding carboxylic acids is 2. The Morgan fingerprint density at radius 1 is 0.944 bits per heavy atom. The smallest absolute Gasteiger partial charge is 0.261 e. The van der Waals surface area contributed by atoms with Crippen molar-refractivity contribution in [3.05, 3.63) is 53.1 Å². The van der Waals surface area contributed by atoms with Crippen LogP contribution in [0.5, 0.6) is 17.2 Å². The Kier molecular flexibility index (Phi) is 8.90. The molecule has 0 saturated carbocycles. The Morgan fingerprint density at radius 3 is 2.25 bits per heavy atom. The van der Waals surface area contributed by atoms with Gasteiger partial charge in [0.1, 0.15) is 22.8 Å². The normalized spacial score (nSPS) is 18.6. The van der Waals surface area contributed by atoms with E-state index >= 15 is 0 Å². The van der Waals surface area contributed by atoms with Crippen molar-refractivity contribution >= 4 is 23.4 Å². The third-order valence-corrected chi connectivity index (χ3v) is 6.68. The molecule has 2 aliphatic heterocycles. The van der Waals surface area contributed by atoms with Crippen molar-refractivity contribution in [1.82, 2.24) is 14.7 Å². The first-order chi connectivity index (χ1) is 17.5. The number of methoxy groups -OCH3 is 2. The van der Waals surface area contributed by atoms with Crippen LogP contribution in [0.3, 0.4) is 0 Å². The monoisotopic (exact) mass is 517 g/mol. The summed E-state index contributed by atoms with van der Waals surface area (Å²) >= 11 is 5.89. The minimum Gasteiger partial charge on any atom is -0.496 e. The number of ether oxygens (including phenoxy) is 4. The number of amides is 2. The number of piperazine rings is 1. The van der Waals surface area contributed by atoms with Gasteiger partial charge in [0.15, 0.2) is 6.61 Å². The van der Waals surface area contributed by atoms with E-state index in [0.717, 1.165) is 13.1 Å². The predicted molar refractivity (Wildman–Crippen MR) is 135 cm³/mol. The van der Waals surface area contributed by atoms with Crippen LogP contribution in [0.2, 0.25) is 5.02 Å². The third-order valence-electron chi connectivity index (χ3n) is 6.43. The molecular formula is C26H32ClN3O6. The lowest BCUT2D eigenvalue weighted by molar-refractivity contribution is -0.141. The molecular weight excluding hydrogens is 486 g/mol. The second-order valence-corrected chi connectivity index (χ2v) is 9.14. The van der Waals surface area contributed by atoms with Crippen LogP contribution in [0.4, 0.5) is 0 Å². The van der Waals surface area contributed by atoms with Crippen molar-refractivity contribution in [3.8, 4) is 17.2 Å². The van der Waals surface area contributed by atoms with Gasteiger partial charge in [-0.3, -0.25) is 14.5 Å². The molecule has 0 N–H and O–H groups in total. The molecule has 194 valence electrons. The maximum atomic E-state index is 13.2. The molecule has 2 aromatic carbocycles. The fourth-order valence-corrected chi connectivity index (χ4v) is 4.59. The highest BCUT2D eigenvalue weighted by atomic mass is 35.5. The zero-order valence-electron chi connectivity index (χ0n) is 20.7. The summed E-state index contributed by atoms with van der Waals surface area (Å²) in [7, 11) is 3.09. The van der Waals surface area contributed by atoms with E-state index in [-0.39, 0.29) is 24.5 Å². The van der Waals surface area contributed by atoms with Gasteiger partial charge >= 0.3 is 0 Å². The van der Waals surface area contributed by atoms with Gasteiger partial charge in [-0.2, -0.15) is 0 Å². The Bertz CT molecular complexity index is 1020. The van der Waals surface area contributed by atoms with Gasteiger partial charge in [0.05, 0.1) is 26.9 Å². The van der Waals surface area contributed by atoms with Crippen LogP contribution in [0.1, 0.15) is 10.4 Å². The molecule has 2 aromatic rings. The second-order valence-electron chi connectivity index (χ2n) is 8.71. The van der Waals surface area contributed by atoms with Gasteiger partial charge in [-0.25, -0.2) is 0 Å². The van der Waals surface area contributed by atoms with E-state index in [1.54, 1.807) is 61.6 Å². The molecule has 4 rings (SSSR count). The van der Waals surface area contributed by atoms with Crippen molar-refractivity contribution in [2.75, 3.05) is 73.2 Å². The summed E-state index contributed by atoms with van der Waals surface area (Å²) in [5.74, 6) is 1.44. The first-order valence-corrected chi connectivity index (χ1v) is 12.4. The molecule has 10 heteroatoms. The maximum absolute atomic E-state index is 13.2. The van der Waals surface area contributed by atoms with Gasteiger partial charge in [-0.15, -0.1) is 0 Å². The van der Waals surface area contributed by atoms with Crippen molar-refractivity contribution in [1.29, 1.82) is 0 Å². The number of nitrogens with zero attached hydrogens (tertiary/aromatic N) is 3. The average molecular weight is 518 g/mol. The number of rotatable bonds is 8. The molecule has 0 aromatic heterocycles. The number of morpholine rings is 1. The van der Waals surface area contributed by atoms with Crippen LogP contribution in [-0.2, 0) is 9.53 Å². The minimum absolute atomic E-state index is 0.0262. The fraction of sp³-hybridized carbons (Fsp3) is 0.462. The van der Waals surface area contributed by atoms with Crippen LogP contribution in [0.15, 0.2) is 42.5 Å². The van der Waals surface area contributed by atoms with E-state index in [9.17, 15) is 9.59 Å². The second kappa shape index (κ2) is 12.3. The average Bonchev–Trinajstić information content (AvgIpc) is 2.92. The van der Waals surface area contributed by atoms with Crippen LogP contribution < -0.4 is 14.2 Å². The highest BCUT2D eigenvalue weighted by Crippen LogP contribution is 2.30. The van der Waals surface area contributed by atoms with E-state index in [0.29, 0.717) is 67.2 Å². The SMILES string of the molecule is COc1cccc(OC)c1C(=O)N1CCN(C[C@H]2CN(C(=O)COc3ccc(Cl)cc3)CCO2)CC1. The van der Waals surface area contributed by atoms with Gasteiger partial charge < -0.3 is 28.7 Å². The van der Waals surface area contributed by atoms with Gasteiger partial charge in [0.25, 0.3) is 11.8 Å². The Hall–Kier alpha value is -3.01. The summed E-state index contributed by atoms with van der Waals surface area (Å²) in [6.45, 7) is 4.83. The Labute approximate surface area is 216 Å². The summed E-state index contributed by atoms with van der Waals surface area (Å²) in [4.78, 5) is 31.8. The lowest BCUT2D eigenvalue weighted by Gasteiger charge is -2.39. The standard InChI is InChI=1S/C26H32ClN3O6/c1-33-22-4-3-5-23(34-2)25(22)26(32)29-12-10-28(11-13-29)16-21-17-30(14-15-35-21)24(31)18-36-20-8-6-19(27)7-9-20/h3-9,21H,10-18H2,1-2H3/t21-/m0/s1. The highest BCUT2D eigenvalue weighted by molar-refractivity contribution is 6.30. The number of hydrogen-bond donors (Lipinski definition) is 0. The number of benzene rings is 2. The zero-order chi connectivity index (χ0) is 25.5. The van der Waals surface area contributed by atoms with Gasteiger partial charge in [-0.05, 0) is 36.4 Å². The molecule has 2 saturated heterocycles. The third kappa shape index (κ3) is 6.40. The number of hydrogen-bond acceptors (Lipinski definition) is 7. The van der Waals surface area contributed by atoms with Crippen LogP contribution in [-0.4, -0.2) is 106 Å². The Morgan fingerprint density at radius 2 is 1.61 bits per heavy atom. The van der Waals surface area contributed by atoms with Crippen LogP contribution in [0, 0.1) is 0 Å². The lowest BCUT2D eigenvalue weighted by atomic mass is 10.1. The van der Waals surface area contributed by atoms with Gasteiger partial charge in [-0.1, -0.05) is 17.7 Å². The van der Waals surface area contributed by atoms with E-state index in [1.807, 2.05) is 4.90 Å². The summed E-state index contributed by atoms with van der Waals surface area (Å²) in [5.41, 5.74) is 0.446. The van der Waals surface area contributed by atoms with Gasteiger partial charge in [0.2, 0.25) is 0 Å². The molecule has 0 radical (unpaired) electrons. The highest BCUT2D eigenvalue weighted by Gasteiger charge is 2.30. The fourth-order valence-electron chi connectivity index (χ4n) is 4.47.